The second-order valence-electron chi connectivity index (χ2n) is 10.1. The van der Waals surface area contributed by atoms with Gasteiger partial charge in [-0.05, 0) is 80.7 Å². The molecule has 0 spiro atoms. The summed E-state index contributed by atoms with van der Waals surface area (Å²) in [4.78, 5) is 38.2. The zero-order valence-electron chi connectivity index (χ0n) is 18.8. The Balaban J connectivity index is 1.23. The van der Waals surface area contributed by atoms with Gasteiger partial charge in [-0.3, -0.25) is 19.7 Å². The van der Waals surface area contributed by atoms with E-state index < -0.39 is 6.04 Å². The number of ether oxygens (including phenoxy) is 1. The maximum absolute atomic E-state index is 12.9. The molecule has 7 nitrogen and oxygen atoms in total. The molecular formula is C25H33N3O4. The summed E-state index contributed by atoms with van der Waals surface area (Å²) in [5.41, 5.74) is 1.51. The molecule has 3 atom stereocenters. The molecule has 1 saturated heterocycles. The van der Waals surface area contributed by atoms with Gasteiger partial charge in [-0.2, -0.15) is 0 Å². The van der Waals surface area contributed by atoms with Gasteiger partial charge >= 0.3 is 0 Å². The summed E-state index contributed by atoms with van der Waals surface area (Å²) in [6, 6.07) is 5.44. The highest BCUT2D eigenvalue weighted by Gasteiger charge is 2.39. The first-order valence-electron chi connectivity index (χ1n) is 12.2. The van der Waals surface area contributed by atoms with Gasteiger partial charge in [-0.15, -0.1) is 0 Å². The van der Waals surface area contributed by atoms with Crippen molar-refractivity contribution < 1.29 is 19.1 Å². The molecule has 1 aromatic carbocycles. The van der Waals surface area contributed by atoms with Crippen LogP contribution in [0.15, 0.2) is 18.2 Å². The minimum absolute atomic E-state index is 0.141. The third kappa shape index (κ3) is 4.27. The van der Waals surface area contributed by atoms with Crippen molar-refractivity contribution in [3.8, 4) is 5.75 Å². The van der Waals surface area contributed by atoms with Gasteiger partial charge in [0, 0.05) is 24.6 Å². The molecule has 1 aromatic rings. The van der Waals surface area contributed by atoms with Crippen LogP contribution in [0.2, 0.25) is 0 Å². The number of carbonyl (C=O) groups is 3. The van der Waals surface area contributed by atoms with Crippen LogP contribution in [0.4, 0.5) is 0 Å². The van der Waals surface area contributed by atoms with Gasteiger partial charge in [-0.1, -0.05) is 13.3 Å². The van der Waals surface area contributed by atoms with Crippen LogP contribution in [0.25, 0.3) is 0 Å². The number of piperidine rings is 1. The monoisotopic (exact) mass is 439 g/mol. The topological polar surface area (TPSA) is 87.7 Å². The predicted octanol–water partition coefficient (Wildman–Crippen LogP) is 2.77. The maximum atomic E-state index is 12.9. The molecule has 0 bridgehead atoms. The Morgan fingerprint density at radius 1 is 1.12 bits per heavy atom. The molecular weight excluding hydrogens is 406 g/mol. The average molecular weight is 440 g/mol. The first-order chi connectivity index (χ1) is 15.5. The third-order valence-electron chi connectivity index (χ3n) is 7.63. The third-order valence-corrected chi connectivity index (χ3v) is 7.63. The van der Waals surface area contributed by atoms with E-state index in [-0.39, 0.29) is 30.2 Å². The fourth-order valence-corrected chi connectivity index (χ4v) is 5.82. The lowest BCUT2D eigenvalue weighted by atomic mass is 9.76. The number of amides is 3. The molecule has 2 heterocycles. The number of hydrogen-bond acceptors (Lipinski definition) is 5. The first-order valence-corrected chi connectivity index (χ1v) is 12.2. The van der Waals surface area contributed by atoms with Crippen LogP contribution in [0.1, 0.15) is 74.2 Å². The summed E-state index contributed by atoms with van der Waals surface area (Å²) >= 11 is 0. The van der Waals surface area contributed by atoms with Crippen LogP contribution < -0.4 is 15.4 Å². The van der Waals surface area contributed by atoms with Gasteiger partial charge in [0.2, 0.25) is 11.8 Å². The van der Waals surface area contributed by atoms with Gasteiger partial charge in [-0.25, -0.2) is 0 Å². The Bertz CT molecular complexity index is 910. The lowest BCUT2D eigenvalue weighted by Gasteiger charge is -2.37. The van der Waals surface area contributed by atoms with Crippen molar-refractivity contribution in [3.05, 3.63) is 29.3 Å². The van der Waals surface area contributed by atoms with Crippen molar-refractivity contribution in [3.63, 3.8) is 0 Å². The molecule has 2 saturated carbocycles. The molecule has 3 fully saturated rings. The minimum atomic E-state index is -0.585. The number of benzene rings is 1. The highest BCUT2D eigenvalue weighted by Crippen LogP contribution is 2.34. The summed E-state index contributed by atoms with van der Waals surface area (Å²) in [5.74, 6) is 1.67. The number of nitrogens with zero attached hydrogens (tertiary/aromatic N) is 1. The van der Waals surface area contributed by atoms with E-state index in [1.807, 2.05) is 18.2 Å². The van der Waals surface area contributed by atoms with E-state index in [1.54, 1.807) is 4.90 Å². The smallest absolute Gasteiger partial charge is 0.255 e. The van der Waals surface area contributed by atoms with E-state index in [9.17, 15) is 14.4 Å². The summed E-state index contributed by atoms with van der Waals surface area (Å²) in [6.07, 6.45) is 8.03. The number of nitrogens with one attached hydrogen (secondary N) is 2. The van der Waals surface area contributed by atoms with E-state index in [4.69, 9.17) is 4.74 Å². The second-order valence-corrected chi connectivity index (χ2v) is 10.1. The molecule has 2 N–H and O–H groups in total. The Labute approximate surface area is 189 Å². The van der Waals surface area contributed by atoms with E-state index in [2.05, 4.69) is 17.6 Å². The van der Waals surface area contributed by atoms with Crippen molar-refractivity contribution in [1.82, 2.24) is 15.5 Å². The zero-order chi connectivity index (χ0) is 22.2. The molecule has 172 valence electrons. The number of hydrogen-bond donors (Lipinski definition) is 2. The molecule has 2 aliphatic heterocycles. The zero-order valence-corrected chi connectivity index (χ0v) is 18.8. The molecule has 3 amide bonds. The van der Waals surface area contributed by atoms with Crippen molar-refractivity contribution >= 4 is 17.7 Å². The standard InChI is InChI=1S/C25H33N3O4/c1-15-10-16(11-15)13-26-20-4-2-3-5-22(20)32-18-6-7-19-17(12-18)14-28(25(19)31)21-8-9-23(29)27-24(21)30/h6-7,12,15-16,20-22,26H,2-5,8-11,13-14H2,1H3,(H,27,29,30)/t15?,16?,20-,21?,22+/m0/s1. The molecule has 0 radical (unpaired) electrons. The lowest BCUT2D eigenvalue weighted by molar-refractivity contribution is -0.136. The van der Waals surface area contributed by atoms with E-state index in [0.717, 1.165) is 42.5 Å². The van der Waals surface area contributed by atoms with Crippen molar-refractivity contribution in [2.24, 2.45) is 11.8 Å². The molecule has 32 heavy (non-hydrogen) atoms. The first kappa shape index (κ1) is 21.4. The predicted molar refractivity (Wildman–Crippen MR) is 119 cm³/mol. The number of fused-ring (bicyclic) bond motifs is 1. The second kappa shape index (κ2) is 8.85. The SMILES string of the molecule is CC1CC(CN[C@H]2CCCC[C@H]2Oc2ccc3c(c2)CN(C2CCC(=O)NC2=O)C3=O)C1. The average Bonchev–Trinajstić information content (AvgIpc) is 3.07. The van der Waals surface area contributed by atoms with Crippen molar-refractivity contribution in [2.45, 2.75) is 83.0 Å². The quantitative estimate of drug-likeness (QED) is 0.666. The van der Waals surface area contributed by atoms with Crippen LogP contribution in [0.5, 0.6) is 5.75 Å². The maximum Gasteiger partial charge on any atom is 0.255 e. The largest absolute Gasteiger partial charge is 0.489 e. The van der Waals surface area contributed by atoms with Crippen LogP contribution in [-0.2, 0) is 16.1 Å². The summed E-state index contributed by atoms with van der Waals surface area (Å²) < 4.78 is 6.43. The van der Waals surface area contributed by atoms with Crippen molar-refractivity contribution in [2.75, 3.05) is 6.54 Å². The molecule has 4 aliphatic rings. The Hall–Kier alpha value is -2.41. The number of carbonyl (C=O) groups excluding carboxylic acids is 3. The van der Waals surface area contributed by atoms with Gasteiger partial charge in [0.25, 0.3) is 5.91 Å². The van der Waals surface area contributed by atoms with Crippen molar-refractivity contribution in [1.29, 1.82) is 0 Å². The van der Waals surface area contributed by atoms with E-state index >= 15 is 0 Å². The lowest BCUT2D eigenvalue weighted by Crippen LogP contribution is -2.52. The van der Waals surface area contributed by atoms with Crippen LogP contribution in [-0.4, -0.2) is 47.4 Å². The normalized spacial score (nSPS) is 32.3. The van der Waals surface area contributed by atoms with Crippen LogP contribution in [0.3, 0.4) is 0 Å². The van der Waals surface area contributed by atoms with Gasteiger partial charge in [0.15, 0.2) is 0 Å². The minimum Gasteiger partial charge on any atom is -0.489 e. The Morgan fingerprint density at radius 2 is 1.94 bits per heavy atom. The molecule has 0 aromatic heterocycles. The number of imide groups is 1. The van der Waals surface area contributed by atoms with E-state index in [1.165, 1.54) is 25.7 Å². The summed E-state index contributed by atoms with van der Waals surface area (Å²) in [7, 11) is 0. The Morgan fingerprint density at radius 3 is 2.72 bits per heavy atom. The highest BCUT2D eigenvalue weighted by atomic mass is 16.5. The van der Waals surface area contributed by atoms with Crippen LogP contribution in [0, 0.1) is 11.8 Å². The molecule has 5 rings (SSSR count). The fraction of sp³-hybridized carbons (Fsp3) is 0.640. The molecule has 2 aliphatic carbocycles. The van der Waals surface area contributed by atoms with Gasteiger partial charge in [0.05, 0.1) is 0 Å². The summed E-state index contributed by atoms with van der Waals surface area (Å²) in [6.45, 7) is 3.78. The number of rotatable bonds is 6. The highest BCUT2D eigenvalue weighted by molar-refractivity contribution is 6.05. The molecule has 1 unspecified atom stereocenters. The Kier molecular flexibility index (Phi) is 5.93. The van der Waals surface area contributed by atoms with Crippen LogP contribution >= 0.6 is 0 Å². The fourth-order valence-electron chi connectivity index (χ4n) is 5.82. The van der Waals surface area contributed by atoms with E-state index in [0.29, 0.717) is 24.6 Å². The van der Waals surface area contributed by atoms with Gasteiger partial charge in [0.1, 0.15) is 17.9 Å². The van der Waals surface area contributed by atoms with Gasteiger partial charge < -0.3 is 15.0 Å². The molecule has 7 heteroatoms. The summed E-state index contributed by atoms with van der Waals surface area (Å²) in [5, 5.41) is 6.12.